The lowest BCUT2D eigenvalue weighted by Gasteiger charge is -2.33. The number of halogens is 1. The molecule has 2 aliphatic rings. The molecule has 0 N–H and O–H groups in total. The minimum atomic E-state index is -0.276. The van der Waals surface area contributed by atoms with Gasteiger partial charge in [-0.15, -0.1) is 0 Å². The van der Waals surface area contributed by atoms with Gasteiger partial charge in [-0.2, -0.15) is 0 Å². The molecule has 30 heavy (non-hydrogen) atoms. The van der Waals surface area contributed by atoms with Crippen molar-refractivity contribution in [3.8, 4) is 0 Å². The van der Waals surface area contributed by atoms with E-state index in [4.69, 9.17) is 26.2 Å². The number of hydrogen-bond acceptors (Lipinski definition) is 6. The number of nitrogens with zero attached hydrogens (tertiary/aromatic N) is 5. The van der Waals surface area contributed by atoms with E-state index in [1.165, 1.54) is 12.8 Å². The number of amidine groups is 1. The molecule has 8 heteroatoms. The first-order valence-corrected chi connectivity index (χ1v) is 11.0. The number of benzene rings is 1. The lowest BCUT2D eigenvalue weighted by Crippen LogP contribution is -2.47. The van der Waals surface area contributed by atoms with Gasteiger partial charge < -0.3 is 19.0 Å². The molecule has 0 bridgehead atoms. The third-order valence-electron chi connectivity index (χ3n) is 6.22. The van der Waals surface area contributed by atoms with Crippen molar-refractivity contribution in [1.29, 1.82) is 0 Å². The molecule has 1 aromatic carbocycles. The van der Waals surface area contributed by atoms with E-state index in [0.29, 0.717) is 18.4 Å². The van der Waals surface area contributed by atoms with Gasteiger partial charge in [-0.25, -0.2) is 9.97 Å². The Labute approximate surface area is 180 Å². The van der Waals surface area contributed by atoms with Crippen molar-refractivity contribution in [2.75, 3.05) is 13.2 Å². The summed E-state index contributed by atoms with van der Waals surface area (Å²) >= 11 is 6.53. The average Bonchev–Trinajstić information content (AvgIpc) is 3.45. The molecule has 0 atom stereocenters. The van der Waals surface area contributed by atoms with E-state index in [1.807, 2.05) is 32.0 Å². The molecule has 1 spiro atoms. The number of rotatable bonds is 6. The molecule has 0 saturated heterocycles. The van der Waals surface area contributed by atoms with Crippen LogP contribution in [0.25, 0.3) is 21.9 Å². The van der Waals surface area contributed by atoms with Crippen LogP contribution >= 0.6 is 11.6 Å². The Morgan fingerprint density at radius 1 is 1.17 bits per heavy atom. The monoisotopic (exact) mass is 427 g/mol. The first-order chi connectivity index (χ1) is 14.6. The SMILES string of the molecule is CCOCc1nc2c(Cl)nc3ccccc3c2n1CCN1C(C)=NOC12CCCC2. The van der Waals surface area contributed by atoms with Crippen molar-refractivity contribution < 1.29 is 9.57 Å². The molecular weight excluding hydrogens is 402 g/mol. The Hall–Kier alpha value is -2.38. The van der Waals surface area contributed by atoms with Crippen LogP contribution in [0.5, 0.6) is 0 Å². The van der Waals surface area contributed by atoms with E-state index in [1.54, 1.807) is 0 Å². The Bertz CT molecular complexity index is 1120. The summed E-state index contributed by atoms with van der Waals surface area (Å²) in [6.07, 6.45) is 4.38. The number of pyridine rings is 1. The van der Waals surface area contributed by atoms with Crippen LogP contribution in [0.3, 0.4) is 0 Å². The molecule has 1 aliphatic heterocycles. The van der Waals surface area contributed by atoms with Crippen LogP contribution in [0.1, 0.15) is 45.4 Å². The van der Waals surface area contributed by atoms with Crippen LogP contribution in [0.15, 0.2) is 29.4 Å². The molecule has 158 valence electrons. The first kappa shape index (κ1) is 19.6. The lowest BCUT2D eigenvalue weighted by atomic mass is 10.1. The summed E-state index contributed by atoms with van der Waals surface area (Å²) in [5.74, 6) is 1.80. The van der Waals surface area contributed by atoms with Gasteiger partial charge in [0.05, 0.1) is 11.0 Å². The molecule has 3 aromatic rings. The Balaban J connectivity index is 1.57. The predicted molar refractivity (Wildman–Crippen MR) is 117 cm³/mol. The maximum Gasteiger partial charge on any atom is 0.211 e. The Morgan fingerprint density at radius 3 is 2.77 bits per heavy atom. The largest absolute Gasteiger partial charge is 0.374 e. The smallest absolute Gasteiger partial charge is 0.211 e. The maximum atomic E-state index is 6.53. The maximum absolute atomic E-state index is 6.53. The summed E-state index contributed by atoms with van der Waals surface area (Å²) in [5, 5.41) is 5.79. The highest BCUT2D eigenvalue weighted by molar-refractivity contribution is 6.35. The molecule has 2 aromatic heterocycles. The molecular formula is C22H26ClN5O2. The average molecular weight is 428 g/mol. The zero-order chi connectivity index (χ0) is 20.7. The van der Waals surface area contributed by atoms with Gasteiger partial charge in [-0.05, 0) is 32.8 Å². The topological polar surface area (TPSA) is 64.8 Å². The fourth-order valence-corrected chi connectivity index (χ4v) is 5.01. The zero-order valence-electron chi connectivity index (χ0n) is 17.4. The third-order valence-corrected chi connectivity index (χ3v) is 6.48. The van der Waals surface area contributed by atoms with Crippen LogP contribution in [0, 0.1) is 0 Å². The lowest BCUT2D eigenvalue weighted by molar-refractivity contribution is -0.0935. The van der Waals surface area contributed by atoms with E-state index in [9.17, 15) is 0 Å². The zero-order valence-corrected chi connectivity index (χ0v) is 18.2. The molecule has 1 aliphatic carbocycles. The third kappa shape index (κ3) is 3.11. The second kappa shape index (κ2) is 7.71. The normalized spacial score (nSPS) is 18.0. The van der Waals surface area contributed by atoms with E-state index >= 15 is 0 Å². The number of ether oxygens (including phenoxy) is 1. The quantitative estimate of drug-likeness (QED) is 0.533. The van der Waals surface area contributed by atoms with E-state index < -0.39 is 0 Å². The predicted octanol–water partition coefficient (Wildman–Crippen LogP) is 4.71. The highest BCUT2D eigenvalue weighted by atomic mass is 35.5. The Morgan fingerprint density at radius 2 is 1.97 bits per heavy atom. The van der Waals surface area contributed by atoms with Crippen LogP contribution in [-0.4, -0.2) is 44.1 Å². The van der Waals surface area contributed by atoms with Crippen molar-refractivity contribution in [1.82, 2.24) is 19.4 Å². The standard InChI is InChI=1S/C22H26ClN5O2/c1-3-29-14-18-25-19-20(16-8-4-5-9-17(16)24-21(19)23)27(18)12-13-28-15(2)26-30-22(28)10-6-7-11-22/h4-5,8-9H,3,6-7,10-14H2,1-2H3. The summed E-state index contributed by atoms with van der Waals surface area (Å²) in [7, 11) is 0. The van der Waals surface area contributed by atoms with E-state index in [0.717, 1.165) is 59.5 Å². The summed E-state index contributed by atoms with van der Waals surface area (Å²) in [4.78, 5) is 17.6. The first-order valence-electron chi connectivity index (χ1n) is 10.6. The molecule has 1 fully saturated rings. The van der Waals surface area contributed by atoms with Crippen molar-refractivity contribution in [3.05, 3.63) is 35.2 Å². The summed E-state index contributed by atoms with van der Waals surface area (Å²) < 4.78 is 7.95. The van der Waals surface area contributed by atoms with Gasteiger partial charge in [-0.1, -0.05) is 35.0 Å². The van der Waals surface area contributed by atoms with Gasteiger partial charge in [0.1, 0.15) is 23.8 Å². The fourth-order valence-electron chi connectivity index (χ4n) is 4.79. The van der Waals surface area contributed by atoms with Crippen molar-refractivity contribution in [2.24, 2.45) is 5.16 Å². The van der Waals surface area contributed by atoms with Crippen molar-refractivity contribution in [2.45, 2.75) is 58.4 Å². The van der Waals surface area contributed by atoms with Crippen LogP contribution in [-0.2, 0) is 22.7 Å². The minimum absolute atomic E-state index is 0.276. The van der Waals surface area contributed by atoms with Gasteiger partial charge in [0.2, 0.25) is 5.72 Å². The van der Waals surface area contributed by atoms with Gasteiger partial charge >= 0.3 is 0 Å². The second-order valence-electron chi connectivity index (χ2n) is 7.97. The number of para-hydroxylation sites is 1. The highest BCUT2D eigenvalue weighted by Gasteiger charge is 2.46. The fraction of sp³-hybridized carbons (Fsp3) is 0.500. The van der Waals surface area contributed by atoms with Crippen molar-refractivity contribution in [3.63, 3.8) is 0 Å². The molecule has 0 unspecified atom stereocenters. The summed E-state index contributed by atoms with van der Waals surface area (Å²) in [6, 6.07) is 8.06. The van der Waals surface area contributed by atoms with Gasteiger partial charge in [0.15, 0.2) is 5.15 Å². The van der Waals surface area contributed by atoms with Gasteiger partial charge in [0, 0.05) is 37.9 Å². The molecule has 5 rings (SSSR count). The molecule has 1 saturated carbocycles. The van der Waals surface area contributed by atoms with Crippen LogP contribution in [0.4, 0.5) is 0 Å². The summed E-state index contributed by atoms with van der Waals surface area (Å²) in [5.41, 5.74) is 2.33. The number of hydrogen-bond donors (Lipinski definition) is 0. The number of fused-ring (bicyclic) bond motifs is 3. The highest BCUT2D eigenvalue weighted by Crippen LogP contribution is 2.40. The molecule has 0 amide bonds. The van der Waals surface area contributed by atoms with Gasteiger partial charge in [-0.3, -0.25) is 0 Å². The minimum Gasteiger partial charge on any atom is -0.374 e. The van der Waals surface area contributed by atoms with E-state index in [2.05, 4.69) is 25.7 Å². The molecule has 7 nitrogen and oxygen atoms in total. The summed E-state index contributed by atoms with van der Waals surface area (Å²) in [6.45, 7) is 6.60. The Kier molecular flexibility index (Phi) is 5.03. The van der Waals surface area contributed by atoms with Crippen LogP contribution in [0.2, 0.25) is 5.15 Å². The number of oxime groups is 1. The number of aromatic nitrogens is 3. The molecule has 0 radical (unpaired) electrons. The van der Waals surface area contributed by atoms with Crippen molar-refractivity contribution >= 4 is 39.4 Å². The number of imidazole rings is 1. The second-order valence-corrected chi connectivity index (χ2v) is 8.33. The molecule has 3 heterocycles. The van der Waals surface area contributed by atoms with Crippen LogP contribution < -0.4 is 0 Å². The van der Waals surface area contributed by atoms with Gasteiger partial charge in [0.25, 0.3) is 0 Å². The van der Waals surface area contributed by atoms with E-state index in [-0.39, 0.29) is 5.72 Å².